The fraction of sp³-hybridized carbons (Fsp3) is 0.381. The largest absolute Gasteiger partial charge is 0.480 e. The lowest BCUT2D eigenvalue weighted by molar-refractivity contribution is -0.122. The topological polar surface area (TPSA) is 84.9 Å². The van der Waals surface area contributed by atoms with Gasteiger partial charge in [-0.3, -0.25) is 4.79 Å². The Morgan fingerprint density at radius 3 is 2.24 bits per heavy atom. The van der Waals surface area contributed by atoms with Gasteiger partial charge in [0.2, 0.25) is 10.0 Å². The van der Waals surface area contributed by atoms with Gasteiger partial charge in [-0.25, -0.2) is 8.42 Å². The standard InChI is InChI=1S/C21H26N2O5S/c1-15-5-4-6-16(2)20(15)28-17(3)21(24)22-18-7-9-19(10-8-18)29(25,26)23-11-13-27-14-12-23/h4-10,17H,11-14H2,1-3H3,(H,22,24)/t17-/m0/s1. The molecule has 1 atom stereocenters. The molecule has 1 saturated heterocycles. The van der Waals surface area contributed by atoms with Gasteiger partial charge in [-0.2, -0.15) is 4.31 Å². The smallest absolute Gasteiger partial charge is 0.265 e. The summed E-state index contributed by atoms with van der Waals surface area (Å²) in [5.74, 6) is 0.388. The Hall–Kier alpha value is -2.42. The van der Waals surface area contributed by atoms with Crippen LogP contribution < -0.4 is 10.1 Å². The maximum absolute atomic E-state index is 12.7. The van der Waals surface area contributed by atoms with Crippen molar-refractivity contribution in [1.29, 1.82) is 0 Å². The van der Waals surface area contributed by atoms with Crippen molar-refractivity contribution in [1.82, 2.24) is 4.31 Å². The molecule has 2 aromatic carbocycles. The average Bonchev–Trinajstić information content (AvgIpc) is 2.71. The van der Waals surface area contributed by atoms with Crippen molar-refractivity contribution in [2.75, 3.05) is 31.6 Å². The van der Waals surface area contributed by atoms with Crippen LogP contribution in [0.1, 0.15) is 18.1 Å². The molecule has 1 heterocycles. The molecule has 1 amide bonds. The lowest BCUT2D eigenvalue weighted by Gasteiger charge is -2.26. The highest BCUT2D eigenvalue weighted by Gasteiger charge is 2.26. The Balaban J connectivity index is 1.65. The molecule has 2 aromatic rings. The van der Waals surface area contributed by atoms with Crippen LogP contribution in [-0.2, 0) is 19.6 Å². The van der Waals surface area contributed by atoms with E-state index in [0.29, 0.717) is 37.7 Å². The highest BCUT2D eigenvalue weighted by Crippen LogP contribution is 2.24. The summed E-state index contributed by atoms with van der Waals surface area (Å²) < 4.78 is 37.8. The molecule has 8 heteroatoms. The predicted octanol–water partition coefficient (Wildman–Crippen LogP) is 2.73. The van der Waals surface area contributed by atoms with Crippen LogP contribution in [0.15, 0.2) is 47.4 Å². The summed E-state index contributed by atoms with van der Waals surface area (Å²) in [6, 6.07) is 12.0. The van der Waals surface area contributed by atoms with E-state index in [4.69, 9.17) is 9.47 Å². The molecular weight excluding hydrogens is 392 g/mol. The number of carbonyl (C=O) groups is 1. The first-order chi connectivity index (χ1) is 13.8. The third kappa shape index (κ3) is 4.95. The zero-order chi connectivity index (χ0) is 21.0. The van der Waals surface area contributed by atoms with Gasteiger partial charge in [0.25, 0.3) is 5.91 Å². The second kappa shape index (κ2) is 8.94. The Morgan fingerprint density at radius 1 is 1.07 bits per heavy atom. The van der Waals surface area contributed by atoms with Crippen molar-refractivity contribution in [3.05, 3.63) is 53.6 Å². The van der Waals surface area contributed by atoms with E-state index in [1.165, 1.54) is 16.4 Å². The first-order valence-corrected chi connectivity index (χ1v) is 10.9. The van der Waals surface area contributed by atoms with E-state index in [-0.39, 0.29) is 10.8 Å². The van der Waals surface area contributed by atoms with Crippen LogP contribution >= 0.6 is 0 Å². The normalized spacial score (nSPS) is 16.2. The summed E-state index contributed by atoms with van der Waals surface area (Å²) in [5, 5.41) is 2.77. The summed E-state index contributed by atoms with van der Waals surface area (Å²) in [5.41, 5.74) is 2.43. The first kappa shape index (κ1) is 21.3. The van der Waals surface area contributed by atoms with Gasteiger partial charge in [-0.15, -0.1) is 0 Å². The molecule has 0 unspecified atom stereocenters. The molecule has 29 heavy (non-hydrogen) atoms. The maximum Gasteiger partial charge on any atom is 0.265 e. The quantitative estimate of drug-likeness (QED) is 0.780. The molecular formula is C21H26N2O5S. The molecule has 1 aliphatic rings. The first-order valence-electron chi connectivity index (χ1n) is 9.51. The van der Waals surface area contributed by atoms with Crippen LogP contribution in [-0.4, -0.2) is 51.0 Å². The minimum absolute atomic E-state index is 0.192. The third-order valence-electron chi connectivity index (χ3n) is 4.80. The van der Waals surface area contributed by atoms with Crippen molar-refractivity contribution in [3.8, 4) is 5.75 Å². The summed E-state index contributed by atoms with van der Waals surface area (Å²) in [4.78, 5) is 12.7. The van der Waals surface area contributed by atoms with E-state index in [2.05, 4.69) is 5.32 Å². The zero-order valence-corrected chi connectivity index (χ0v) is 17.7. The minimum Gasteiger partial charge on any atom is -0.480 e. The molecule has 0 radical (unpaired) electrons. The predicted molar refractivity (Wildman–Crippen MR) is 111 cm³/mol. The molecule has 0 aliphatic carbocycles. The van der Waals surface area contributed by atoms with E-state index in [9.17, 15) is 13.2 Å². The molecule has 1 fully saturated rings. The SMILES string of the molecule is Cc1cccc(C)c1O[C@@H](C)C(=O)Nc1ccc(S(=O)(=O)N2CCOCC2)cc1. The number of anilines is 1. The minimum atomic E-state index is -3.56. The number of nitrogens with one attached hydrogen (secondary N) is 1. The number of sulfonamides is 1. The number of ether oxygens (including phenoxy) is 2. The van der Waals surface area contributed by atoms with Gasteiger partial charge in [-0.1, -0.05) is 18.2 Å². The number of amides is 1. The second-order valence-electron chi connectivity index (χ2n) is 7.01. The Kier molecular flexibility index (Phi) is 6.56. The molecule has 7 nitrogen and oxygen atoms in total. The molecule has 1 aliphatic heterocycles. The fourth-order valence-electron chi connectivity index (χ4n) is 3.11. The van der Waals surface area contributed by atoms with Crippen molar-refractivity contribution in [2.24, 2.45) is 0 Å². The molecule has 0 spiro atoms. The second-order valence-corrected chi connectivity index (χ2v) is 8.95. The van der Waals surface area contributed by atoms with Crippen LogP contribution in [0.4, 0.5) is 5.69 Å². The van der Waals surface area contributed by atoms with Crippen LogP contribution in [0, 0.1) is 13.8 Å². The van der Waals surface area contributed by atoms with Gasteiger partial charge >= 0.3 is 0 Å². The van der Waals surface area contributed by atoms with Crippen molar-refractivity contribution in [2.45, 2.75) is 31.8 Å². The van der Waals surface area contributed by atoms with E-state index in [1.54, 1.807) is 19.1 Å². The maximum atomic E-state index is 12.7. The number of hydrogen-bond donors (Lipinski definition) is 1. The van der Waals surface area contributed by atoms with Crippen LogP contribution in [0.2, 0.25) is 0 Å². The molecule has 3 rings (SSSR count). The van der Waals surface area contributed by atoms with E-state index in [0.717, 1.165) is 11.1 Å². The zero-order valence-electron chi connectivity index (χ0n) is 16.8. The lowest BCUT2D eigenvalue weighted by atomic mass is 10.1. The van der Waals surface area contributed by atoms with Gasteiger partial charge in [0.1, 0.15) is 5.75 Å². The van der Waals surface area contributed by atoms with Gasteiger partial charge < -0.3 is 14.8 Å². The molecule has 0 saturated carbocycles. The van der Waals surface area contributed by atoms with Crippen LogP contribution in [0.25, 0.3) is 0 Å². The lowest BCUT2D eigenvalue weighted by Crippen LogP contribution is -2.40. The summed E-state index contributed by atoms with van der Waals surface area (Å²) in [6.07, 6.45) is -0.702. The molecule has 156 valence electrons. The van der Waals surface area contributed by atoms with Gasteiger partial charge in [0.05, 0.1) is 18.1 Å². The molecule has 0 aromatic heterocycles. The number of nitrogens with zero attached hydrogens (tertiary/aromatic N) is 1. The number of morpholine rings is 1. The van der Waals surface area contributed by atoms with Gasteiger partial charge in [0, 0.05) is 18.8 Å². The van der Waals surface area contributed by atoms with Crippen molar-refractivity contribution >= 4 is 21.6 Å². The number of aryl methyl sites for hydroxylation is 2. The Bertz CT molecular complexity index is 947. The summed E-state index contributed by atoms with van der Waals surface area (Å²) in [7, 11) is -3.56. The number of benzene rings is 2. The Labute approximate surface area is 171 Å². The number of carbonyl (C=O) groups excluding carboxylic acids is 1. The third-order valence-corrected chi connectivity index (χ3v) is 6.72. The Morgan fingerprint density at radius 2 is 1.66 bits per heavy atom. The van der Waals surface area contributed by atoms with Crippen molar-refractivity contribution < 1.29 is 22.7 Å². The van der Waals surface area contributed by atoms with E-state index >= 15 is 0 Å². The van der Waals surface area contributed by atoms with Gasteiger partial charge in [0.15, 0.2) is 6.10 Å². The van der Waals surface area contributed by atoms with Crippen molar-refractivity contribution in [3.63, 3.8) is 0 Å². The highest BCUT2D eigenvalue weighted by atomic mass is 32.2. The highest BCUT2D eigenvalue weighted by molar-refractivity contribution is 7.89. The van der Waals surface area contributed by atoms with Crippen LogP contribution in [0.5, 0.6) is 5.75 Å². The average molecular weight is 419 g/mol. The number of rotatable bonds is 6. The van der Waals surface area contributed by atoms with E-state index in [1.807, 2.05) is 32.0 Å². The van der Waals surface area contributed by atoms with Crippen LogP contribution in [0.3, 0.4) is 0 Å². The summed E-state index contributed by atoms with van der Waals surface area (Å²) in [6.45, 7) is 7.01. The van der Waals surface area contributed by atoms with Gasteiger partial charge in [-0.05, 0) is 56.2 Å². The molecule has 0 bridgehead atoms. The summed E-state index contributed by atoms with van der Waals surface area (Å²) >= 11 is 0. The van der Waals surface area contributed by atoms with E-state index < -0.39 is 16.1 Å². The number of para-hydroxylation sites is 1. The molecule has 1 N–H and O–H groups in total. The monoisotopic (exact) mass is 418 g/mol. The number of hydrogen-bond acceptors (Lipinski definition) is 5. The fourth-order valence-corrected chi connectivity index (χ4v) is 4.51.